The molecular formula is C12H17BrN2. The van der Waals surface area contributed by atoms with E-state index in [2.05, 4.69) is 40.0 Å². The van der Waals surface area contributed by atoms with Crippen LogP contribution in [0.2, 0.25) is 0 Å². The van der Waals surface area contributed by atoms with Gasteiger partial charge in [0, 0.05) is 16.2 Å². The van der Waals surface area contributed by atoms with Gasteiger partial charge in [-0.3, -0.25) is 0 Å². The first kappa shape index (κ1) is 11.0. The van der Waals surface area contributed by atoms with Gasteiger partial charge < -0.3 is 10.6 Å². The molecule has 3 heteroatoms. The van der Waals surface area contributed by atoms with E-state index in [1.54, 1.807) is 0 Å². The molecule has 0 bridgehead atoms. The zero-order chi connectivity index (χ0) is 10.8. The van der Waals surface area contributed by atoms with E-state index in [1.807, 2.05) is 6.07 Å². The normalized spacial score (nSPS) is 22.1. The number of benzene rings is 1. The lowest BCUT2D eigenvalue weighted by Gasteiger charge is -2.20. The number of nitrogens with two attached hydrogens (primary N) is 1. The summed E-state index contributed by atoms with van der Waals surface area (Å²) in [5, 5.41) is 0. The summed E-state index contributed by atoms with van der Waals surface area (Å²) in [4.78, 5) is 2.43. The second-order valence-corrected chi connectivity index (χ2v) is 5.15. The molecule has 1 aromatic carbocycles. The van der Waals surface area contributed by atoms with Gasteiger partial charge in [-0.05, 0) is 60.4 Å². The largest absolute Gasteiger partial charge is 0.398 e. The molecule has 2 nitrogen and oxygen atoms in total. The van der Waals surface area contributed by atoms with Gasteiger partial charge in [-0.25, -0.2) is 0 Å². The molecule has 1 aliphatic heterocycles. The molecule has 0 spiro atoms. The van der Waals surface area contributed by atoms with Crippen molar-refractivity contribution >= 4 is 21.6 Å². The van der Waals surface area contributed by atoms with Crippen LogP contribution in [0.4, 0.5) is 5.69 Å². The predicted molar refractivity (Wildman–Crippen MR) is 67.9 cm³/mol. The van der Waals surface area contributed by atoms with Crippen LogP contribution in [0.15, 0.2) is 22.7 Å². The molecule has 1 saturated heterocycles. The van der Waals surface area contributed by atoms with Crippen molar-refractivity contribution in [2.45, 2.75) is 25.3 Å². The van der Waals surface area contributed by atoms with Crippen molar-refractivity contribution in [3.8, 4) is 0 Å². The standard InChI is InChI=1S/C12H17BrN2/c1-15-7-3-5-10(15)8-9-4-2-6-11(13)12(9)14/h2,4,6,10H,3,5,7-8,14H2,1H3. The maximum Gasteiger partial charge on any atom is 0.0491 e. The molecule has 1 fully saturated rings. The van der Waals surface area contributed by atoms with Crippen LogP contribution in [0.25, 0.3) is 0 Å². The Balaban J connectivity index is 2.13. The summed E-state index contributed by atoms with van der Waals surface area (Å²) in [6.45, 7) is 1.22. The van der Waals surface area contributed by atoms with Gasteiger partial charge in [0.05, 0.1) is 0 Å². The highest BCUT2D eigenvalue weighted by Crippen LogP contribution is 2.27. The minimum atomic E-state index is 0.668. The average molecular weight is 269 g/mol. The molecule has 0 radical (unpaired) electrons. The number of rotatable bonds is 2. The average Bonchev–Trinajstić information content (AvgIpc) is 2.60. The number of likely N-dealkylation sites (N-methyl/N-ethyl adjacent to an activating group) is 1. The van der Waals surface area contributed by atoms with Gasteiger partial charge in [0.2, 0.25) is 0 Å². The van der Waals surface area contributed by atoms with Gasteiger partial charge >= 0.3 is 0 Å². The van der Waals surface area contributed by atoms with Crippen LogP contribution >= 0.6 is 15.9 Å². The highest BCUT2D eigenvalue weighted by Gasteiger charge is 2.21. The number of likely N-dealkylation sites (tertiary alicyclic amines) is 1. The topological polar surface area (TPSA) is 29.3 Å². The molecule has 82 valence electrons. The number of hydrogen-bond acceptors (Lipinski definition) is 2. The first-order valence-corrected chi connectivity index (χ1v) is 6.21. The molecule has 0 aliphatic carbocycles. The van der Waals surface area contributed by atoms with Crippen LogP contribution < -0.4 is 5.73 Å². The van der Waals surface area contributed by atoms with Gasteiger partial charge in [0.25, 0.3) is 0 Å². The van der Waals surface area contributed by atoms with Crippen molar-refractivity contribution in [1.29, 1.82) is 0 Å². The summed E-state index contributed by atoms with van der Waals surface area (Å²) in [5.41, 5.74) is 8.21. The van der Waals surface area contributed by atoms with E-state index in [-0.39, 0.29) is 0 Å². The van der Waals surface area contributed by atoms with Gasteiger partial charge in [-0.1, -0.05) is 12.1 Å². The van der Waals surface area contributed by atoms with Crippen molar-refractivity contribution in [1.82, 2.24) is 4.90 Å². The summed E-state index contributed by atoms with van der Waals surface area (Å²) in [5.74, 6) is 0. The Bertz CT molecular complexity index is 351. The fourth-order valence-electron chi connectivity index (χ4n) is 2.25. The number of anilines is 1. The zero-order valence-electron chi connectivity index (χ0n) is 9.04. The molecular weight excluding hydrogens is 252 g/mol. The summed E-state index contributed by atoms with van der Waals surface area (Å²) in [7, 11) is 2.20. The Morgan fingerprint density at radius 1 is 1.53 bits per heavy atom. The third-order valence-electron chi connectivity index (χ3n) is 3.27. The van der Waals surface area contributed by atoms with E-state index < -0.39 is 0 Å². The first-order valence-electron chi connectivity index (χ1n) is 5.41. The number of nitrogen functional groups attached to an aromatic ring is 1. The highest BCUT2D eigenvalue weighted by molar-refractivity contribution is 9.10. The number of para-hydroxylation sites is 1. The Labute approximate surface area is 99.6 Å². The summed E-state index contributed by atoms with van der Waals surface area (Å²) < 4.78 is 1.01. The fourth-order valence-corrected chi connectivity index (χ4v) is 2.66. The quantitative estimate of drug-likeness (QED) is 0.836. The number of nitrogens with zero attached hydrogens (tertiary/aromatic N) is 1. The predicted octanol–water partition coefficient (Wildman–Crippen LogP) is 2.67. The minimum absolute atomic E-state index is 0.668. The molecule has 1 heterocycles. The smallest absolute Gasteiger partial charge is 0.0491 e. The molecule has 2 N–H and O–H groups in total. The van der Waals surface area contributed by atoms with Gasteiger partial charge in [0.1, 0.15) is 0 Å². The van der Waals surface area contributed by atoms with E-state index >= 15 is 0 Å². The Kier molecular flexibility index (Phi) is 3.32. The monoisotopic (exact) mass is 268 g/mol. The second-order valence-electron chi connectivity index (χ2n) is 4.29. The van der Waals surface area contributed by atoms with Crippen LogP contribution in [-0.2, 0) is 6.42 Å². The summed E-state index contributed by atoms with van der Waals surface area (Å²) in [6.07, 6.45) is 3.68. The van der Waals surface area contributed by atoms with Crippen LogP contribution in [0.5, 0.6) is 0 Å². The molecule has 1 aromatic rings. The molecule has 1 atom stereocenters. The number of hydrogen-bond donors (Lipinski definition) is 1. The Hall–Kier alpha value is -0.540. The minimum Gasteiger partial charge on any atom is -0.398 e. The van der Waals surface area contributed by atoms with Crippen molar-refractivity contribution in [2.75, 3.05) is 19.3 Å². The third-order valence-corrected chi connectivity index (χ3v) is 3.96. The van der Waals surface area contributed by atoms with Crippen LogP contribution in [0.3, 0.4) is 0 Å². The Morgan fingerprint density at radius 2 is 2.33 bits per heavy atom. The fraction of sp³-hybridized carbons (Fsp3) is 0.500. The molecule has 1 aliphatic rings. The number of halogens is 1. The third kappa shape index (κ3) is 2.34. The van der Waals surface area contributed by atoms with Crippen molar-refractivity contribution in [2.24, 2.45) is 0 Å². The maximum absolute atomic E-state index is 6.04. The van der Waals surface area contributed by atoms with Crippen molar-refractivity contribution < 1.29 is 0 Å². The molecule has 2 rings (SSSR count). The van der Waals surface area contributed by atoms with Crippen LogP contribution in [-0.4, -0.2) is 24.5 Å². The lowest BCUT2D eigenvalue weighted by atomic mass is 10.0. The first-order chi connectivity index (χ1) is 7.18. The lowest BCUT2D eigenvalue weighted by molar-refractivity contribution is 0.309. The Morgan fingerprint density at radius 3 is 3.00 bits per heavy atom. The summed E-state index contributed by atoms with van der Waals surface area (Å²) in [6, 6.07) is 6.86. The van der Waals surface area contributed by atoms with Crippen LogP contribution in [0, 0.1) is 0 Å². The molecule has 15 heavy (non-hydrogen) atoms. The van der Waals surface area contributed by atoms with Crippen molar-refractivity contribution in [3.63, 3.8) is 0 Å². The summed E-state index contributed by atoms with van der Waals surface area (Å²) >= 11 is 3.47. The van der Waals surface area contributed by atoms with Crippen molar-refractivity contribution in [3.05, 3.63) is 28.2 Å². The maximum atomic E-state index is 6.04. The zero-order valence-corrected chi connectivity index (χ0v) is 10.6. The molecule has 0 amide bonds. The van der Waals surface area contributed by atoms with Gasteiger partial charge in [0.15, 0.2) is 0 Å². The molecule has 1 unspecified atom stereocenters. The SMILES string of the molecule is CN1CCCC1Cc1cccc(Br)c1N. The molecule has 0 saturated carbocycles. The van der Waals surface area contributed by atoms with Gasteiger partial charge in [-0.2, -0.15) is 0 Å². The molecule has 0 aromatic heterocycles. The lowest BCUT2D eigenvalue weighted by Crippen LogP contribution is -2.27. The highest BCUT2D eigenvalue weighted by atomic mass is 79.9. The second kappa shape index (κ2) is 4.54. The van der Waals surface area contributed by atoms with E-state index in [0.717, 1.165) is 16.6 Å². The van der Waals surface area contributed by atoms with E-state index in [0.29, 0.717) is 6.04 Å². The van der Waals surface area contributed by atoms with Gasteiger partial charge in [-0.15, -0.1) is 0 Å². The van der Waals surface area contributed by atoms with Crippen LogP contribution in [0.1, 0.15) is 18.4 Å². The van der Waals surface area contributed by atoms with E-state index in [1.165, 1.54) is 24.9 Å². The van der Waals surface area contributed by atoms with E-state index in [9.17, 15) is 0 Å². The van der Waals surface area contributed by atoms with E-state index in [4.69, 9.17) is 5.73 Å².